The smallest absolute Gasteiger partial charge is 0.366 e. The number of anilines is 2. The molecule has 20 heteroatoms. The van der Waals surface area contributed by atoms with E-state index in [-0.39, 0.29) is 30.9 Å². The number of terminal acetylenes is 1. The van der Waals surface area contributed by atoms with Crippen molar-refractivity contribution in [3.63, 3.8) is 0 Å². The number of carbonyl (C=O) groups is 7. The molecule has 4 rings (SSSR count). The Balaban J connectivity index is 1.59. The summed E-state index contributed by atoms with van der Waals surface area (Å²) in [6.45, 7) is 3.22. The van der Waals surface area contributed by atoms with Crippen LogP contribution in [0.2, 0.25) is 0 Å². The van der Waals surface area contributed by atoms with Crippen molar-refractivity contribution in [3.05, 3.63) is 80.6 Å². The van der Waals surface area contributed by atoms with Crippen LogP contribution in [0.15, 0.2) is 64.2 Å². The Labute approximate surface area is 386 Å². The highest BCUT2D eigenvalue weighted by Crippen LogP contribution is 2.37. The van der Waals surface area contributed by atoms with Crippen LogP contribution in [-0.2, 0) is 73.1 Å². The lowest BCUT2D eigenvalue weighted by Gasteiger charge is -2.48. The number of ether oxygens (including phenoxy) is 7. The summed E-state index contributed by atoms with van der Waals surface area (Å²) in [7, 11) is 1.05. The Bertz CT molecular complexity index is 2320. The predicted octanol–water partition coefficient (Wildman–Crippen LogP) is 1.84. The average molecular weight is 933 g/mol. The molecular weight excluding hydrogens is 877 g/mol. The van der Waals surface area contributed by atoms with Crippen molar-refractivity contribution in [1.82, 2.24) is 10.6 Å². The zero-order valence-corrected chi connectivity index (χ0v) is 38.0. The van der Waals surface area contributed by atoms with E-state index in [0.29, 0.717) is 37.8 Å². The van der Waals surface area contributed by atoms with Crippen LogP contribution in [0, 0.1) is 12.3 Å². The van der Waals surface area contributed by atoms with Crippen LogP contribution < -0.4 is 32.1 Å². The zero-order chi connectivity index (χ0) is 49.1. The summed E-state index contributed by atoms with van der Waals surface area (Å²) < 4.78 is 39.6. The van der Waals surface area contributed by atoms with Crippen molar-refractivity contribution in [2.75, 3.05) is 50.6 Å². The summed E-state index contributed by atoms with van der Waals surface area (Å²) in [4.78, 5) is 114. The minimum Gasteiger partial charge on any atom is -0.465 e. The van der Waals surface area contributed by atoms with Crippen molar-refractivity contribution < 1.29 is 66.7 Å². The van der Waals surface area contributed by atoms with Crippen LogP contribution in [-0.4, -0.2) is 118 Å². The first-order valence-electron chi connectivity index (χ1n) is 21.5. The van der Waals surface area contributed by atoms with Gasteiger partial charge in [0, 0.05) is 34.2 Å². The number of unbranched alkanes of at least 4 members (excludes halogenated alkanes) is 3. The molecule has 360 valence electrons. The first kappa shape index (κ1) is 52.5. The lowest BCUT2D eigenvalue weighted by Crippen LogP contribution is -2.70. The molecule has 0 aliphatic carbocycles. The number of esters is 5. The molecular formula is C47H56N4O16. The zero-order valence-electron chi connectivity index (χ0n) is 38.0. The molecule has 2 amide bonds. The number of carbonyl (C=O) groups excluding carboxylic acids is 7. The lowest BCUT2D eigenvalue weighted by molar-refractivity contribution is -0.313. The molecule has 1 heterocycles. The topological polar surface area (TPSA) is 266 Å². The molecule has 20 nitrogen and oxygen atoms in total. The Morgan fingerprint density at radius 1 is 0.791 bits per heavy atom. The third-order valence-electron chi connectivity index (χ3n) is 10.3. The maximum Gasteiger partial charge on any atom is 0.366 e. The van der Waals surface area contributed by atoms with Crippen LogP contribution >= 0.6 is 0 Å². The quantitative estimate of drug-likeness (QED) is 0.0310. The van der Waals surface area contributed by atoms with Gasteiger partial charge in [0.15, 0.2) is 18.8 Å². The van der Waals surface area contributed by atoms with E-state index >= 15 is 0 Å². The second-order valence-electron chi connectivity index (χ2n) is 15.5. The highest BCUT2D eigenvalue weighted by atomic mass is 16.7. The fourth-order valence-corrected chi connectivity index (χ4v) is 7.34. The van der Waals surface area contributed by atoms with E-state index in [4.69, 9.17) is 39.6 Å². The maximum atomic E-state index is 13.8. The van der Waals surface area contributed by atoms with E-state index in [1.54, 1.807) is 12.1 Å². The van der Waals surface area contributed by atoms with Gasteiger partial charge in [-0.2, -0.15) is 0 Å². The number of methoxy groups -OCH3 is 1. The average Bonchev–Trinajstić information content (AvgIpc) is 3.29. The molecule has 0 saturated carbocycles. The van der Waals surface area contributed by atoms with Gasteiger partial charge in [-0.3, -0.25) is 38.4 Å². The number of amides is 2. The van der Waals surface area contributed by atoms with Crippen molar-refractivity contribution in [2.24, 2.45) is 0 Å². The van der Waals surface area contributed by atoms with Gasteiger partial charge in [-0.25, -0.2) is 4.79 Å². The Morgan fingerprint density at radius 2 is 1.43 bits per heavy atom. The molecule has 67 heavy (non-hydrogen) atoms. The molecule has 1 aliphatic rings. The summed E-state index contributed by atoms with van der Waals surface area (Å²) in [6, 6.07) is 15.4. The Morgan fingerprint density at radius 3 is 2.04 bits per heavy atom. The van der Waals surface area contributed by atoms with Crippen molar-refractivity contribution in [1.29, 1.82) is 0 Å². The number of hydrogen-bond acceptors (Lipinski definition) is 18. The molecule has 3 aromatic carbocycles. The summed E-state index contributed by atoms with van der Waals surface area (Å²) in [5.74, 6) is -6.11. The highest BCUT2D eigenvalue weighted by molar-refractivity contribution is 5.82. The van der Waals surface area contributed by atoms with E-state index in [1.807, 2.05) is 42.5 Å². The summed E-state index contributed by atoms with van der Waals surface area (Å²) in [6.07, 6.45) is -0.0338. The fraction of sp³-hybridized carbons (Fsp3) is 0.468. The highest BCUT2D eigenvalue weighted by Gasteiger charge is 2.59. The molecule has 1 aliphatic heterocycles. The summed E-state index contributed by atoms with van der Waals surface area (Å²) in [5.41, 5.74) is 1.55. The molecule has 4 N–H and O–H groups in total. The number of rotatable bonds is 25. The molecule has 0 aromatic heterocycles. The minimum absolute atomic E-state index is 0.0751. The van der Waals surface area contributed by atoms with Crippen LogP contribution in [0.1, 0.15) is 65.4 Å². The molecule has 0 bridgehead atoms. The number of nitrogens with one attached hydrogen (secondary N) is 4. The third kappa shape index (κ3) is 15.5. The predicted molar refractivity (Wildman–Crippen MR) is 240 cm³/mol. The van der Waals surface area contributed by atoms with Crippen molar-refractivity contribution >= 4 is 53.0 Å². The van der Waals surface area contributed by atoms with Gasteiger partial charge in [0.1, 0.15) is 23.6 Å². The van der Waals surface area contributed by atoms with Crippen molar-refractivity contribution in [2.45, 2.75) is 102 Å². The van der Waals surface area contributed by atoms with Gasteiger partial charge >= 0.3 is 29.8 Å². The maximum absolute atomic E-state index is 13.8. The molecule has 0 spiro atoms. The van der Waals surface area contributed by atoms with Gasteiger partial charge in [-0.1, -0.05) is 73.4 Å². The normalized spacial score (nSPS) is 18.5. The number of benzene rings is 2. The van der Waals surface area contributed by atoms with E-state index in [9.17, 15) is 43.2 Å². The first-order valence-corrected chi connectivity index (χ1v) is 21.5. The standard InChI is InChI=1S/C47H56N4O16/c1-7-21-48-40-41(43(59)42(40)58)49-22-13-8-9-14-23-63-47(46(60)61-6)25-35(64-29(3)53)39(51-38(57)27-62-28(2)52)45(67-47)44(66-31(5)55)36(65-30(4)54)26-50-37(56)24-32-17-19-34(20-18-32)33-15-11-10-12-16-33/h1,10-12,15-20,35-36,39,44-45,48-49H,8-9,13-14,21-27H2,2-6H3,(H,50,56)(H,51,57)/t35-,36+,39+,44+,45+,47+/m0/s1. The second kappa shape index (κ2) is 25.5. The summed E-state index contributed by atoms with van der Waals surface area (Å²) in [5, 5.41) is 10.9. The van der Waals surface area contributed by atoms with Gasteiger partial charge < -0.3 is 54.4 Å². The Hall–Kier alpha value is -7.11. The van der Waals surface area contributed by atoms with E-state index < -0.39 is 108 Å². The van der Waals surface area contributed by atoms with Crippen LogP contribution in [0.25, 0.3) is 11.1 Å². The molecule has 0 unspecified atom stereocenters. The van der Waals surface area contributed by atoms with Gasteiger partial charge in [0.25, 0.3) is 22.6 Å². The van der Waals surface area contributed by atoms with Gasteiger partial charge in [-0.05, 0) is 29.5 Å². The van der Waals surface area contributed by atoms with E-state index in [2.05, 4.69) is 27.2 Å². The van der Waals surface area contributed by atoms with Crippen molar-refractivity contribution in [3.8, 4) is 23.5 Å². The van der Waals surface area contributed by atoms with Gasteiger partial charge in [-0.15, -0.1) is 6.42 Å². The van der Waals surface area contributed by atoms with E-state index in [1.165, 1.54) is 0 Å². The fourth-order valence-electron chi connectivity index (χ4n) is 7.34. The SMILES string of the molecule is C#CCNc1c(NCCCCCCO[C@]2(C(=O)OC)C[C@H](OC(C)=O)[C@@H](NC(=O)COC(C)=O)[C@H]([C@H](OC(C)=O)[C@@H](CNC(=O)Cc3ccc(-c4ccccc4)cc3)OC(C)=O)O2)c(=O)c1=O. The molecule has 1 saturated heterocycles. The van der Waals surface area contributed by atoms with Gasteiger partial charge in [0.05, 0.1) is 45.7 Å². The number of hydrogen-bond donors (Lipinski definition) is 4. The summed E-state index contributed by atoms with van der Waals surface area (Å²) >= 11 is 0. The molecule has 1 fully saturated rings. The van der Waals surface area contributed by atoms with E-state index in [0.717, 1.165) is 45.9 Å². The largest absolute Gasteiger partial charge is 0.465 e. The minimum atomic E-state index is -2.40. The third-order valence-corrected chi connectivity index (χ3v) is 10.3. The lowest BCUT2D eigenvalue weighted by atomic mass is 9.87. The molecule has 6 atom stereocenters. The molecule has 3 aromatic rings. The van der Waals surface area contributed by atoms with Crippen LogP contribution in [0.5, 0.6) is 0 Å². The monoisotopic (exact) mass is 932 g/mol. The van der Waals surface area contributed by atoms with Crippen LogP contribution in [0.4, 0.5) is 11.4 Å². The van der Waals surface area contributed by atoms with Crippen LogP contribution in [0.3, 0.4) is 0 Å². The Kier molecular flexibility index (Phi) is 20.0. The van der Waals surface area contributed by atoms with Gasteiger partial charge in [0.2, 0.25) is 5.91 Å². The first-order chi connectivity index (χ1) is 32.0. The second-order valence-corrected chi connectivity index (χ2v) is 15.5. The molecule has 0 radical (unpaired) electrons.